The monoisotopic (exact) mass is 1110 g/mol. The topological polar surface area (TPSA) is 104 Å². The number of carboxylic acids is 1. The summed E-state index contributed by atoms with van der Waals surface area (Å²) in [6.07, 6.45) is 2.51. The molecule has 4 aromatic carbocycles. The van der Waals surface area contributed by atoms with Crippen LogP contribution in [0.4, 0.5) is 0 Å². The highest BCUT2D eigenvalue weighted by molar-refractivity contribution is 14.3. The van der Waals surface area contributed by atoms with Crippen molar-refractivity contribution < 1.29 is 29.6 Å². The fourth-order valence-electron chi connectivity index (χ4n) is 3.02. The number of hydrogen-bond acceptors (Lipinski definition) is 5. The van der Waals surface area contributed by atoms with Crippen LogP contribution in [0.25, 0.3) is 21.5 Å². The number of esters is 1. The summed E-state index contributed by atoms with van der Waals surface area (Å²) in [5.41, 5.74) is 0.762. The maximum atomic E-state index is 11.4. The van der Waals surface area contributed by atoms with E-state index in [2.05, 4.69) is 132 Å². The van der Waals surface area contributed by atoms with E-state index in [0.717, 1.165) is 18.1 Å². The Morgan fingerprint density at radius 1 is 0.800 bits per heavy atom. The van der Waals surface area contributed by atoms with Gasteiger partial charge in [-0.15, -0.1) is 0 Å². The summed E-state index contributed by atoms with van der Waals surface area (Å²) in [5.74, 6) is -1.00. The van der Waals surface area contributed by atoms with Crippen molar-refractivity contribution >= 4 is 146 Å². The minimum Gasteiger partial charge on any atom is -0.508 e. The summed E-state index contributed by atoms with van der Waals surface area (Å²) in [6, 6.07) is 19.8. The molecule has 0 spiro atoms. The predicted octanol–water partition coefficient (Wildman–Crippen LogP) is 10.5. The van der Waals surface area contributed by atoms with Gasteiger partial charge in [-0.25, -0.2) is 9.59 Å². The normalized spacial score (nSPS) is 10.4. The number of carbonyl (C=O) groups is 2. The molecule has 11 heteroatoms. The third-order valence-corrected chi connectivity index (χ3v) is 9.12. The number of hydrogen-bond donors (Lipinski definition) is 3. The number of rotatable bonds is 4. The van der Waals surface area contributed by atoms with Crippen LogP contribution in [0.2, 0.25) is 0 Å². The number of carbonyl (C=O) groups excluding carboxylic acids is 1. The number of fused-ring (bicyclic) bond motifs is 2. The Hall–Kier alpha value is -0.410. The van der Waals surface area contributed by atoms with E-state index in [1.807, 2.05) is 6.07 Å². The van der Waals surface area contributed by atoms with Gasteiger partial charge in [0.25, 0.3) is 0 Å². The average molecular weight is 1110 g/mol. The summed E-state index contributed by atoms with van der Waals surface area (Å²) in [4.78, 5) is 22.3. The van der Waals surface area contributed by atoms with Crippen LogP contribution in [-0.4, -0.2) is 35.7 Å². The molecule has 0 amide bonds. The average Bonchev–Trinajstić information content (AvgIpc) is 2.92. The Morgan fingerprint density at radius 2 is 1.20 bits per heavy atom. The highest BCUT2D eigenvalue weighted by Gasteiger charge is 2.12. The molecule has 40 heavy (non-hydrogen) atoms. The van der Waals surface area contributed by atoms with Gasteiger partial charge in [-0.1, -0.05) is 151 Å². The summed E-state index contributed by atoms with van der Waals surface area (Å²) in [5, 5.41) is 30.4. The molecule has 4 rings (SSSR count). The fourth-order valence-corrected chi connectivity index (χ4v) is 3.02. The van der Waals surface area contributed by atoms with Gasteiger partial charge in [0.05, 0.1) is 20.2 Å². The number of phenolic OH excluding ortho intramolecular Hbond substituents is 2. The Labute approximate surface area is 302 Å². The predicted molar refractivity (Wildman–Crippen MR) is 207 cm³/mol. The number of halogens is 5. The van der Waals surface area contributed by atoms with Gasteiger partial charge < -0.3 is 20.1 Å². The molecule has 0 bridgehead atoms. The van der Waals surface area contributed by atoms with Gasteiger partial charge in [-0.3, -0.25) is 0 Å². The minimum atomic E-state index is -0.957. The van der Waals surface area contributed by atoms with Gasteiger partial charge in [-0.05, 0) is 82.9 Å². The van der Waals surface area contributed by atoms with Crippen LogP contribution in [0.5, 0.6) is 11.5 Å². The molecule has 0 unspecified atom stereocenters. The van der Waals surface area contributed by atoms with E-state index < -0.39 is 5.97 Å². The lowest BCUT2D eigenvalue weighted by Gasteiger charge is -2.04. The van der Waals surface area contributed by atoms with Crippen molar-refractivity contribution in [3.63, 3.8) is 0 Å². The van der Waals surface area contributed by atoms with Gasteiger partial charge in [0.2, 0.25) is 0 Å². The molecule has 3 N–H and O–H groups in total. The van der Waals surface area contributed by atoms with Gasteiger partial charge in [0.1, 0.15) is 10.9 Å². The Bertz CT molecular complexity index is 1400. The molecule has 0 aliphatic rings. The van der Waals surface area contributed by atoms with E-state index in [4.69, 9.17) is 5.11 Å². The van der Waals surface area contributed by atoms with Crippen molar-refractivity contribution in [1.82, 2.24) is 0 Å². The minimum absolute atomic E-state index is 0.139. The fraction of sp³-hybridized carbons (Fsp3) is 0.241. The first-order valence-electron chi connectivity index (χ1n) is 11.8. The van der Waals surface area contributed by atoms with E-state index in [1.54, 1.807) is 60.7 Å². The van der Waals surface area contributed by atoms with E-state index in [-0.39, 0.29) is 23.0 Å². The Kier molecular flexibility index (Phi) is 17.9. The zero-order valence-electron chi connectivity index (χ0n) is 21.9. The number of aromatic carboxylic acids is 1. The second-order valence-electron chi connectivity index (χ2n) is 7.99. The number of aromatic hydroxyl groups is 2. The van der Waals surface area contributed by atoms with Crippen molar-refractivity contribution in [2.75, 3.05) is 7.11 Å². The number of ether oxygens (including phenoxy) is 1. The highest BCUT2D eigenvalue weighted by atomic mass is 127. The first kappa shape index (κ1) is 37.6. The van der Waals surface area contributed by atoms with Crippen LogP contribution in [0.15, 0.2) is 72.8 Å². The highest BCUT2D eigenvalue weighted by Crippen LogP contribution is 2.38. The van der Waals surface area contributed by atoms with Gasteiger partial charge in [-0.2, -0.15) is 0 Å². The smallest absolute Gasteiger partial charge is 0.338 e. The third-order valence-electron chi connectivity index (χ3n) is 5.07. The molecule has 0 aliphatic carbocycles. The molecule has 0 radical (unpaired) electrons. The maximum absolute atomic E-state index is 11.4. The van der Waals surface area contributed by atoms with Crippen LogP contribution in [0.1, 0.15) is 47.4 Å². The quantitative estimate of drug-likeness (QED) is 0.107. The van der Waals surface area contributed by atoms with Gasteiger partial charge in [0.15, 0.2) is 0 Å². The molecular weight excluding hydrogens is 1080 g/mol. The SMILES string of the molecule is CCC(I)(I)I.CCC(I)I.COC(=O)c1cccc2cc(O)ccc12.O=C(O)c1cccc2cc(O)ccc12. The van der Waals surface area contributed by atoms with Crippen molar-refractivity contribution in [2.45, 2.75) is 28.1 Å². The number of phenols is 2. The van der Waals surface area contributed by atoms with E-state index in [9.17, 15) is 19.8 Å². The first-order valence-corrected chi connectivity index (χ1v) is 17.6. The van der Waals surface area contributed by atoms with Crippen LogP contribution < -0.4 is 0 Å². The molecule has 0 heterocycles. The Balaban J connectivity index is 0.000000296. The lowest BCUT2D eigenvalue weighted by molar-refractivity contribution is 0.0602. The Morgan fingerprint density at radius 3 is 1.55 bits per heavy atom. The number of benzene rings is 4. The van der Waals surface area contributed by atoms with Gasteiger partial charge in [0, 0.05) is 0 Å². The number of methoxy groups -OCH3 is 1. The summed E-state index contributed by atoms with van der Waals surface area (Å²) in [7, 11) is 1.35. The van der Waals surface area contributed by atoms with Crippen molar-refractivity contribution in [2.24, 2.45) is 0 Å². The first-order chi connectivity index (χ1) is 18.7. The molecule has 6 nitrogen and oxygen atoms in total. The number of alkyl halides is 5. The van der Waals surface area contributed by atoms with Crippen LogP contribution in [0.3, 0.4) is 0 Å². The lowest BCUT2D eigenvalue weighted by Crippen LogP contribution is -2.01. The largest absolute Gasteiger partial charge is 0.508 e. The van der Waals surface area contributed by atoms with Crippen LogP contribution >= 0.6 is 113 Å². The van der Waals surface area contributed by atoms with Crippen molar-refractivity contribution in [3.8, 4) is 11.5 Å². The summed E-state index contributed by atoms with van der Waals surface area (Å²) in [6.45, 7) is 4.37. The van der Waals surface area contributed by atoms with Crippen molar-refractivity contribution in [3.05, 3.63) is 83.9 Å². The zero-order chi connectivity index (χ0) is 30.5. The second-order valence-corrected chi connectivity index (χ2v) is 25.1. The second kappa shape index (κ2) is 19.0. The molecule has 0 aromatic heterocycles. The molecular formula is C29H29I5O6. The third kappa shape index (κ3) is 13.7. The van der Waals surface area contributed by atoms with E-state index in [0.29, 0.717) is 10.4 Å². The van der Waals surface area contributed by atoms with Crippen molar-refractivity contribution in [1.29, 1.82) is 0 Å². The lowest BCUT2D eigenvalue weighted by atomic mass is 10.0. The summed E-state index contributed by atoms with van der Waals surface area (Å²) >= 11 is 12.0. The molecule has 216 valence electrons. The summed E-state index contributed by atoms with van der Waals surface area (Å²) < 4.78 is 5.95. The zero-order valence-corrected chi connectivity index (χ0v) is 32.7. The maximum Gasteiger partial charge on any atom is 0.338 e. The van der Waals surface area contributed by atoms with Crippen LogP contribution in [0, 0.1) is 0 Å². The molecule has 0 saturated heterocycles. The molecule has 0 saturated carbocycles. The molecule has 0 aliphatic heterocycles. The molecule has 0 fully saturated rings. The molecule has 0 atom stereocenters. The van der Waals surface area contributed by atoms with Gasteiger partial charge >= 0.3 is 11.9 Å². The van der Waals surface area contributed by atoms with Crippen LogP contribution in [-0.2, 0) is 4.74 Å². The molecule has 4 aromatic rings. The van der Waals surface area contributed by atoms with E-state index >= 15 is 0 Å². The number of carboxylic acid groups (broad SMARTS) is 1. The van der Waals surface area contributed by atoms with E-state index in [1.165, 1.54) is 26.0 Å². The standard InChI is InChI=1S/C12H10O3.C11H8O3.C3H5I3.C3H6I2/c1-15-12(14)11-4-2-3-8-7-9(13)5-6-10(8)11;12-8-4-5-9-7(6-8)2-1-3-10(9)11(13)14;1-2-3(4,5)6;1-2-3(4)5/h2-7,13H,1H3;1-6,12H,(H,13,14);2H2,1H3;3H,2H2,1H3.